The molecule has 80 valence electrons. The highest BCUT2D eigenvalue weighted by molar-refractivity contribution is 5.94. The molecule has 5 nitrogen and oxygen atoms in total. The average Bonchev–Trinajstić information content (AvgIpc) is 3.01. The maximum Gasteiger partial charge on any atom is 0.267 e. The van der Waals surface area contributed by atoms with Gasteiger partial charge in [-0.05, 0) is 25.8 Å². The number of aryl methyl sites for hydroxylation is 1. The third-order valence-electron chi connectivity index (χ3n) is 2.25. The van der Waals surface area contributed by atoms with Gasteiger partial charge in [-0.25, -0.2) is 10.8 Å². The van der Waals surface area contributed by atoms with E-state index < -0.39 is 0 Å². The third-order valence-corrected chi connectivity index (χ3v) is 2.25. The van der Waals surface area contributed by atoms with Crippen molar-refractivity contribution >= 4 is 5.91 Å². The minimum Gasteiger partial charge on any atom is -0.474 e. The highest BCUT2D eigenvalue weighted by atomic mass is 16.5. The number of rotatable bonds is 3. The maximum atomic E-state index is 11.3. The quantitative estimate of drug-likeness (QED) is 0.430. The standard InChI is InChI=1S/C10H13N3O2/c1-6-8(10(14)13-11)4-5-9(12-6)15-7-2-3-7/h4-5,7H,2-3,11H2,1H3,(H,13,14). The van der Waals surface area contributed by atoms with Crippen molar-refractivity contribution in [3.63, 3.8) is 0 Å². The summed E-state index contributed by atoms with van der Waals surface area (Å²) in [6, 6.07) is 3.36. The Balaban J connectivity index is 2.17. The number of carbonyl (C=O) groups excluding carboxylic acids is 1. The highest BCUT2D eigenvalue weighted by Gasteiger charge is 2.24. The van der Waals surface area contributed by atoms with Crippen LogP contribution in [0.1, 0.15) is 28.9 Å². The van der Waals surface area contributed by atoms with E-state index in [0.29, 0.717) is 23.2 Å². The summed E-state index contributed by atoms with van der Waals surface area (Å²) < 4.78 is 5.50. The van der Waals surface area contributed by atoms with Crippen molar-refractivity contribution in [2.24, 2.45) is 5.84 Å². The van der Waals surface area contributed by atoms with Gasteiger partial charge in [0.15, 0.2) is 0 Å². The van der Waals surface area contributed by atoms with Crippen LogP contribution in [0.2, 0.25) is 0 Å². The van der Waals surface area contributed by atoms with Crippen molar-refractivity contribution in [1.82, 2.24) is 10.4 Å². The van der Waals surface area contributed by atoms with E-state index >= 15 is 0 Å². The van der Waals surface area contributed by atoms with Crippen molar-refractivity contribution in [2.45, 2.75) is 25.9 Å². The molecule has 1 amide bonds. The molecule has 0 radical (unpaired) electrons. The number of hydrazine groups is 1. The van der Waals surface area contributed by atoms with E-state index in [1.54, 1.807) is 19.1 Å². The van der Waals surface area contributed by atoms with Crippen LogP contribution in [0.15, 0.2) is 12.1 Å². The van der Waals surface area contributed by atoms with E-state index in [1.165, 1.54) is 0 Å². The number of amides is 1. The molecule has 15 heavy (non-hydrogen) atoms. The maximum absolute atomic E-state index is 11.3. The first kappa shape index (κ1) is 9.92. The Morgan fingerprint density at radius 2 is 2.33 bits per heavy atom. The number of hydrogen-bond donors (Lipinski definition) is 2. The van der Waals surface area contributed by atoms with Gasteiger partial charge in [-0.1, -0.05) is 0 Å². The molecule has 0 unspecified atom stereocenters. The predicted molar refractivity (Wildman–Crippen MR) is 54.3 cm³/mol. The second kappa shape index (κ2) is 3.86. The molecule has 1 aromatic heterocycles. The average molecular weight is 207 g/mol. The Labute approximate surface area is 87.6 Å². The summed E-state index contributed by atoms with van der Waals surface area (Å²) in [4.78, 5) is 15.4. The Morgan fingerprint density at radius 1 is 1.60 bits per heavy atom. The van der Waals surface area contributed by atoms with Gasteiger partial charge in [-0.2, -0.15) is 0 Å². The Hall–Kier alpha value is -1.62. The molecule has 0 saturated heterocycles. The molecule has 5 heteroatoms. The second-order valence-electron chi connectivity index (χ2n) is 3.57. The molecule has 1 aromatic rings. The van der Waals surface area contributed by atoms with Crippen LogP contribution in [-0.2, 0) is 0 Å². The van der Waals surface area contributed by atoms with E-state index in [2.05, 4.69) is 10.4 Å². The van der Waals surface area contributed by atoms with Gasteiger partial charge in [0.2, 0.25) is 5.88 Å². The van der Waals surface area contributed by atoms with Crippen molar-refractivity contribution < 1.29 is 9.53 Å². The SMILES string of the molecule is Cc1nc(OC2CC2)ccc1C(=O)NN. The van der Waals surface area contributed by atoms with Gasteiger partial charge < -0.3 is 4.74 Å². The first-order valence-corrected chi connectivity index (χ1v) is 4.86. The number of ether oxygens (including phenoxy) is 1. The van der Waals surface area contributed by atoms with Gasteiger partial charge in [-0.15, -0.1) is 0 Å². The number of pyridine rings is 1. The van der Waals surface area contributed by atoms with Crippen LogP contribution in [0.3, 0.4) is 0 Å². The first-order chi connectivity index (χ1) is 7.20. The zero-order valence-electron chi connectivity index (χ0n) is 8.49. The summed E-state index contributed by atoms with van der Waals surface area (Å²) in [7, 11) is 0. The van der Waals surface area contributed by atoms with Crippen LogP contribution in [0.5, 0.6) is 5.88 Å². The fourth-order valence-corrected chi connectivity index (χ4v) is 1.28. The fraction of sp³-hybridized carbons (Fsp3) is 0.400. The molecule has 1 saturated carbocycles. The Bertz CT molecular complexity index is 388. The molecule has 1 heterocycles. The van der Waals surface area contributed by atoms with Gasteiger partial charge >= 0.3 is 0 Å². The van der Waals surface area contributed by atoms with Gasteiger partial charge in [0.05, 0.1) is 11.3 Å². The molecule has 0 aliphatic heterocycles. The van der Waals surface area contributed by atoms with Gasteiger partial charge in [0.25, 0.3) is 5.91 Å². The van der Waals surface area contributed by atoms with Crippen LogP contribution in [0, 0.1) is 6.92 Å². The van der Waals surface area contributed by atoms with Crippen molar-refractivity contribution in [2.75, 3.05) is 0 Å². The largest absolute Gasteiger partial charge is 0.474 e. The Morgan fingerprint density at radius 3 is 2.87 bits per heavy atom. The van der Waals surface area contributed by atoms with Gasteiger partial charge in [0.1, 0.15) is 6.10 Å². The smallest absolute Gasteiger partial charge is 0.267 e. The lowest BCUT2D eigenvalue weighted by Gasteiger charge is -2.07. The van der Waals surface area contributed by atoms with Crippen LogP contribution in [0.4, 0.5) is 0 Å². The molecule has 1 aliphatic rings. The summed E-state index contributed by atoms with van der Waals surface area (Å²) >= 11 is 0. The molecule has 1 fully saturated rings. The molecule has 0 bridgehead atoms. The van der Waals surface area contributed by atoms with Crippen LogP contribution in [0.25, 0.3) is 0 Å². The molecule has 0 atom stereocenters. The minimum absolute atomic E-state index is 0.311. The fourth-order valence-electron chi connectivity index (χ4n) is 1.28. The molecule has 2 rings (SSSR count). The number of carbonyl (C=O) groups is 1. The molecular formula is C10H13N3O2. The normalized spacial score (nSPS) is 14.8. The van der Waals surface area contributed by atoms with Crippen LogP contribution < -0.4 is 16.0 Å². The lowest BCUT2D eigenvalue weighted by atomic mass is 10.2. The van der Waals surface area contributed by atoms with Crippen molar-refractivity contribution in [3.8, 4) is 5.88 Å². The van der Waals surface area contributed by atoms with E-state index in [-0.39, 0.29) is 5.91 Å². The van der Waals surface area contributed by atoms with Gasteiger partial charge in [0, 0.05) is 6.07 Å². The minimum atomic E-state index is -0.335. The van der Waals surface area contributed by atoms with E-state index in [0.717, 1.165) is 12.8 Å². The summed E-state index contributed by atoms with van der Waals surface area (Å²) in [5.74, 6) is 5.28. The molecule has 0 spiro atoms. The number of nitrogens with zero attached hydrogens (tertiary/aromatic N) is 1. The molecule has 1 aliphatic carbocycles. The number of hydrogen-bond acceptors (Lipinski definition) is 4. The summed E-state index contributed by atoms with van der Waals surface area (Å²) in [6.45, 7) is 1.75. The topological polar surface area (TPSA) is 77.2 Å². The number of aromatic nitrogens is 1. The predicted octanol–water partition coefficient (Wildman–Crippen LogP) is 0.535. The zero-order valence-corrected chi connectivity index (χ0v) is 8.49. The van der Waals surface area contributed by atoms with Crippen molar-refractivity contribution in [3.05, 3.63) is 23.4 Å². The molecule has 3 N–H and O–H groups in total. The van der Waals surface area contributed by atoms with E-state index in [1.807, 2.05) is 0 Å². The number of nitrogens with one attached hydrogen (secondary N) is 1. The lowest BCUT2D eigenvalue weighted by Crippen LogP contribution is -2.30. The summed E-state index contributed by atoms with van der Waals surface area (Å²) in [6.07, 6.45) is 2.49. The number of nitrogen functional groups attached to an aromatic ring is 1. The second-order valence-corrected chi connectivity index (χ2v) is 3.57. The molecular weight excluding hydrogens is 194 g/mol. The van der Waals surface area contributed by atoms with Crippen LogP contribution >= 0.6 is 0 Å². The zero-order chi connectivity index (χ0) is 10.8. The Kier molecular flexibility index (Phi) is 2.55. The number of nitrogens with two attached hydrogens (primary N) is 1. The van der Waals surface area contributed by atoms with Crippen molar-refractivity contribution in [1.29, 1.82) is 0 Å². The third kappa shape index (κ3) is 2.24. The van der Waals surface area contributed by atoms with Crippen LogP contribution in [-0.4, -0.2) is 17.0 Å². The molecule has 0 aromatic carbocycles. The van der Waals surface area contributed by atoms with E-state index in [9.17, 15) is 4.79 Å². The van der Waals surface area contributed by atoms with Gasteiger partial charge in [-0.3, -0.25) is 10.2 Å². The van der Waals surface area contributed by atoms with E-state index in [4.69, 9.17) is 10.6 Å². The lowest BCUT2D eigenvalue weighted by molar-refractivity contribution is 0.0952. The summed E-state index contributed by atoms with van der Waals surface area (Å²) in [5.41, 5.74) is 3.17. The summed E-state index contributed by atoms with van der Waals surface area (Å²) in [5, 5.41) is 0. The first-order valence-electron chi connectivity index (χ1n) is 4.86. The monoisotopic (exact) mass is 207 g/mol. The highest BCUT2D eigenvalue weighted by Crippen LogP contribution is 2.25.